The van der Waals surface area contributed by atoms with Crippen molar-refractivity contribution in [3.8, 4) is 0 Å². The second-order valence-electron chi connectivity index (χ2n) is 7.55. The molecule has 0 aliphatic rings. The molecule has 0 spiro atoms. The Morgan fingerprint density at radius 2 is 1.52 bits per heavy atom. The van der Waals surface area contributed by atoms with Crippen LogP contribution in [0.4, 0.5) is 5.69 Å². The first-order valence-corrected chi connectivity index (χ1v) is 11.8. The summed E-state index contributed by atoms with van der Waals surface area (Å²) in [7, 11) is -3.88. The molecule has 3 aromatic rings. The van der Waals surface area contributed by atoms with E-state index in [9.17, 15) is 13.2 Å². The summed E-state index contributed by atoms with van der Waals surface area (Å²) in [6.45, 7) is 4.10. The molecule has 0 unspecified atom stereocenters. The zero-order valence-corrected chi connectivity index (χ0v) is 18.7. The molecule has 0 bridgehead atoms. The van der Waals surface area contributed by atoms with Crippen molar-refractivity contribution in [3.05, 3.63) is 95.6 Å². The summed E-state index contributed by atoms with van der Waals surface area (Å²) in [5.74, 6) is -0.327. The van der Waals surface area contributed by atoms with Gasteiger partial charge in [-0.1, -0.05) is 66.2 Å². The molecule has 6 heteroatoms. The topological polar surface area (TPSA) is 66.5 Å². The maximum Gasteiger partial charge on any atom is 0.264 e. The van der Waals surface area contributed by atoms with Crippen molar-refractivity contribution < 1.29 is 13.2 Å². The number of benzene rings is 3. The third-order valence-corrected chi connectivity index (χ3v) is 6.86. The Bertz CT molecular complexity index is 1110. The van der Waals surface area contributed by atoms with E-state index in [2.05, 4.69) is 29.6 Å². The molecule has 0 atom stereocenters. The number of aryl methyl sites for hydroxylation is 3. The highest BCUT2D eigenvalue weighted by molar-refractivity contribution is 7.92. The molecule has 3 aromatic carbocycles. The van der Waals surface area contributed by atoms with Crippen LogP contribution in [-0.2, 0) is 21.2 Å². The molecule has 0 fully saturated rings. The van der Waals surface area contributed by atoms with Crippen LogP contribution in [0.1, 0.15) is 23.1 Å². The van der Waals surface area contributed by atoms with Crippen LogP contribution >= 0.6 is 0 Å². The number of amides is 1. The van der Waals surface area contributed by atoms with Crippen molar-refractivity contribution in [2.75, 3.05) is 17.4 Å². The van der Waals surface area contributed by atoms with E-state index in [1.807, 2.05) is 26.0 Å². The Kier molecular flexibility index (Phi) is 7.47. The highest BCUT2D eigenvalue weighted by atomic mass is 32.2. The fourth-order valence-corrected chi connectivity index (χ4v) is 4.83. The predicted octanol–water partition coefficient (Wildman–Crippen LogP) is 4.25. The van der Waals surface area contributed by atoms with Gasteiger partial charge in [-0.05, 0) is 56.0 Å². The van der Waals surface area contributed by atoms with Gasteiger partial charge in [-0.15, -0.1) is 0 Å². The maximum absolute atomic E-state index is 13.3. The van der Waals surface area contributed by atoms with Crippen LogP contribution in [-0.4, -0.2) is 27.4 Å². The van der Waals surface area contributed by atoms with Gasteiger partial charge in [0.25, 0.3) is 10.0 Å². The Morgan fingerprint density at radius 3 is 2.19 bits per heavy atom. The minimum absolute atomic E-state index is 0.158. The minimum Gasteiger partial charge on any atom is -0.355 e. The summed E-state index contributed by atoms with van der Waals surface area (Å²) in [6, 6.07) is 23.7. The maximum atomic E-state index is 13.3. The van der Waals surface area contributed by atoms with Gasteiger partial charge in [0.15, 0.2) is 0 Å². The molecule has 0 saturated carbocycles. The Morgan fingerprint density at radius 1 is 0.871 bits per heavy atom. The van der Waals surface area contributed by atoms with Crippen LogP contribution in [0.2, 0.25) is 0 Å². The van der Waals surface area contributed by atoms with Crippen molar-refractivity contribution in [1.82, 2.24) is 5.32 Å². The number of anilines is 1. The smallest absolute Gasteiger partial charge is 0.264 e. The number of nitrogens with zero attached hydrogens (tertiary/aromatic N) is 1. The van der Waals surface area contributed by atoms with Crippen LogP contribution in [0, 0.1) is 13.8 Å². The van der Waals surface area contributed by atoms with Gasteiger partial charge >= 0.3 is 0 Å². The predicted molar refractivity (Wildman–Crippen MR) is 125 cm³/mol. The lowest BCUT2D eigenvalue weighted by molar-refractivity contribution is -0.119. The number of rotatable bonds is 9. The average Bonchev–Trinajstić information content (AvgIpc) is 2.77. The average molecular weight is 437 g/mol. The Hall–Kier alpha value is -3.12. The SMILES string of the molecule is Cc1ccc(CCCNC(=O)CN(c2ccccc2C)S(=O)(=O)c2ccccc2)cc1. The number of para-hydroxylation sites is 1. The van der Waals surface area contributed by atoms with Crippen molar-refractivity contribution in [2.24, 2.45) is 0 Å². The fourth-order valence-electron chi connectivity index (χ4n) is 3.32. The van der Waals surface area contributed by atoms with Gasteiger partial charge in [-0.3, -0.25) is 9.10 Å². The number of hydrogen-bond acceptors (Lipinski definition) is 3. The van der Waals surface area contributed by atoms with Crippen molar-refractivity contribution in [3.63, 3.8) is 0 Å². The summed E-state index contributed by atoms with van der Waals surface area (Å²) < 4.78 is 27.8. The monoisotopic (exact) mass is 436 g/mol. The van der Waals surface area contributed by atoms with E-state index in [-0.39, 0.29) is 17.3 Å². The van der Waals surface area contributed by atoms with Gasteiger partial charge < -0.3 is 5.32 Å². The summed E-state index contributed by atoms with van der Waals surface area (Å²) in [6.07, 6.45) is 1.63. The van der Waals surface area contributed by atoms with E-state index in [0.29, 0.717) is 12.2 Å². The van der Waals surface area contributed by atoms with Gasteiger partial charge in [-0.2, -0.15) is 0 Å². The van der Waals surface area contributed by atoms with Crippen LogP contribution in [0.3, 0.4) is 0 Å². The van der Waals surface area contributed by atoms with Gasteiger partial charge in [0.2, 0.25) is 5.91 Å². The molecule has 1 amide bonds. The lowest BCUT2D eigenvalue weighted by Gasteiger charge is -2.25. The number of carbonyl (C=O) groups excluding carboxylic acids is 1. The number of sulfonamides is 1. The molecular formula is C25H28N2O3S. The summed E-state index contributed by atoms with van der Waals surface area (Å²) in [5, 5.41) is 2.86. The molecule has 3 rings (SSSR count). The van der Waals surface area contributed by atoms with Crippen LogP contribution in [0.15, 0.2) is 83.8 Å². The van der Waals surface area contributed by atoms with E-state index in [4.69, 9.17) is 0 Å². The number of carbonyl (C=O) groups is 1. The van der Waals surface area contributed by atoms with E-state index in [0.717, 1.165) is 18.4 Å². The second kappa shape index (κ2) is 10.3. The molecule has 162 valence electrons. The van der Waals surface area contributed by atoms with Gasteiger partial charge in [0.1, 0.15) is 6.54 Å². The fraction of sp³-hybridized carbons (Fsp3) is 0.240. The van der Waals surface area contributed by atoms with Crippen molar-refractivity contribution >= 4 is 21.6 Å². The first kappa shape index (κ1) is 22.6. The molecule has 0 aliphatic carbocycles. The van der Waals surface area contributed by atoms with E-state index >= 15 is 0 Å². The highest BCUT2D eigenvalue weighted by Crippen LogP contribution is 2.26. The van der Waals surface area contributed by atoms with Crippen LogP contribution in [0.5, 0.6) is 0 Å². The Labute approximate surface area is 184 Å². The van der Waals surface area contributed by atoms with Crippen molar-refractivity contribution in [1.29, 1.82) is 0 Å². The zero-order chi connectivity index (χ0) is 22.3. The molecular weight excluding hydrogens is 408 g/mol. The molecule has 0 saturated heterocycles. The lowest BCUT2D eigenvalue weighted by Crippen LogP contribution is -2.41. The largest absolute Gasteiger partial charge is 0.355 e. The van der Waals surface area contributed by atoms with Gasteiger partial charge in [0, 0.05) is 6.54 Å². The molecule has 0 heterocycles. The second-order valence-corrected chi connectivity index (χ2v) is 9.41. The van der Waals surface area contributed by atoms with E-state index < -0.39 is 10.0 Å². The van der Waals surface area contributed by atoms with E-state index in [1.54, 1.807) is 42.5 Å². The molecule has 0 aliphatic heterocycles. The molecule has 0 aromatic heterocycles. The normalized spacial score (nSPS) is 11.2. The molecule has 31 heavy (non-hydrogen) atoms. The standard InChI is InChI=1S/C25H28N2O3S/c1-20-14-16-22(17-15-20)10-8-18-26-25(28)19-27(24-13-7-6-9-21(24)2)31(29,30)23-11-4-3-5-12-23/h3-7,9,11-17H,8,10,18-19H2,1-2H3,(H,26,28). The minimum atomic E-state index is -3.88. The number of nitrogens with one attached hydrogen (secondary N) is 1. The highest BCUT2D eigenvalue weighted by Gasteiger charge is 2.27. The first-order valence-electron chi connectivity index (χ1n) is 10.3. The summed E-state index contributed by atoms with van der Waals surface area (Å²) >= 11 is 0. The van der Waals surface area contributed by atoms with Gasteiger partial charge in [-0.25, -0.2) is 8.42 Å². The molecule has 5 nitrogen and oxygen atoms in total. The van der Waals surface area contributed by atoms with Crippen molar-refractivity contribution in [2.45, 2.75) is 31.6 Å². The quantitative estimate of drug-likeness (QED) is 0.510. The summed E-state index contributed by atoms with van der Waals surface area (Å²) in [4.78, 5) is 12.8. The summed E-state index contributed by atoms with van der Waals surface area (Å²) in [5.41, 5.74) is 3.72. The number of hydrogen-bond donors (Lipinski definition) is 1. The van der Waals surface area contributed by atoms with Crippen LogP contribution < -0.4 is 9.62 Å². The zero-order valence-electron chi connectivity index (χ0n) is 17.9. The third kappa shape index (κ3) is 5.95. The Balaban J connectivity index is 1.69. The van der Waals surface area contributed by atoms with Crippen LogP contribution in [0.25, 0.3) is 0 Å². The molecule has 1 N–H and O–H groups in total. The third-order valence-electron chi connectivity index (χ3n) is 5.09. The lowest BCUT2D eigenvalue weighted by atomic mass is 10.1. The van der Waals surface area contributed by atoms with Gasteiger partial charge in [0.05, 0.1) is 10.6 Å². The molecule has 0 radical (unpaired) electrons. The first-order chi connectivity index (χ1) is 14.9. The van der Waals surface area contributed by atoms with E-state index in [1.165, 1.54) is 15.4 Å².